The van der Waals surface area contributed by atoms with Crippen molar-refractivity contribution in [1.82, 2.24) is 4.90 Å². The molecule has 5 rings (SSSR count). The maximum Gasteiger partial charge on any atom is 0.326 e. The van der Waals surface area contributed by atoms with Gasteiger partial charge in [-0.25, -0.2) is 4.99 Å². The van der Waals surface area contributed by atoms with Crippen LogP contribution in [0.3, 0.4) is 0 Å². The summed E-state index contributed by atoms with van der Waals surface area (Å²) in [5.41, 5.74) is 4.73. The van der Waals surface area contributed by atoms with Crippen LogP contribution in [0.2, 0.25) is 0 Å². The van der Waals surface area contributed by atoms with Crippen LogP contribution >= 0.6 is 21.6 Å². The third-order valence-electron chi connectivity index (χ3n) is 12.0. The predicted molar refractivity (Wildman–Crippen MR) is 218 cm³/mol. The van der Waals surface area contributed by atoms with Gasteiger partial charge in [-0.15, -0.1) is 0 Å². The molecule has 1 amide bonds. The highest BCUT2D eigenvalue weighted by Crippen LogP contribution is 2.65. The van der Waals surface area contributed by atoms with Crippen LogP contribution < -0.4 is 0 Å². The van der Waals surface area contributed by atoms with Crippen LogP contribution in [0.1, 0.15) is 105 Å². The number of ether oxygens (including phenoxy) is 2. The highest BCUT2D eigenvalue weighted by Gasteiger charge is 2.57. The highest BCUT2D eigenvalue weighted by atomic mass is 33.1. The lowest BCUT2D eigenvalue weighted by molar-refractivity contribution is -0.159. The van der Waals surface area contributed by atoms with E-state index in [1.165, 1.54) is 24.0 Å². The number of rotatable bonds is 14. The lowest BCUT2D eigenvalue weighted by atomic mass is 9.47. The van der Waals surface area contributed by atoms with Gasteiger partial charge in [0.2, 0.25) is 5.91 Å². The summed E-state index contributed by atoms with van der Waals surface area (Å²) in [4.78, 5) is 44.3. The van der Waals surface area contributed by atoms with Crippen LogP contribution in [0.15, 0.2) is 70.3 Å². The molecule has 1 aromatic rings. The van der Waals surface area contributed by atoms with Crippen LogP contribution in [0.4, 0.5) is 0 Å². The number of carbonyl (C=O) groups excluding carboxylic acids is 3. The van der Waals surface area contributed by atoms with Crippen LogP contribution in [0.25, 0.3) is 0 Å². The minimum absolute atomic E-state index is 0.0597. The van der Waals surface area contributed by atoms with Crippen molar-refractivity contribution in [3.8, 4) is 12.5 Å². The molecule has 4 aliphatic carbocycles. The molecule has 7 nitrogen and oxygen atoms in total. The maximum atomic E-state index is 13.2. The van der Waals surface area contributed by atoms with Gasteiger partial charge in [0.1, 0.15) is 18.2 Å². The fourth-order valence-corrected chi connectivity index (χ4v) is 11.4. The number of allylic oxidation sites excluding steroid dienone is 5. The largest absolute Gasteiger partial charge is 0.462 e. The molecule has 0 N–H and O–H groups in total. The second-order valence-electron chi connectivity index (χ2n) is 16.5. The van der Waals surface area contributed by atoms with Crippen LogP contribution in [-0.2, 0) is 30.4 Å². The first-order valence-corrected chi connectivity index (χ1v) is 21.8. The highest BCUT2D eigenvalue weighted by molar-refractivity contribution is 8.76. The van der Waals surface area contributed by atoms with E-state index >= 15 is 0 Å². The average Bonchev–Trinajstić information content (AvgIpc) is 3.46. The Morgan fingerprint density at radius 3 is 2.40 bits per heavy atom. The van der Waals surface area contributed by atoms with Gasteiger partial charge in [0.05, 0.1) is 6.42 Å². The summed E-state index contributed by atoms with van der Waals surface area (Å²) in [6.07, 6.45) is 22.4. The van der Waals surface area contributed by atoms with E-state index in [9.17, 15) is 14.4 Å². The van der Waals surface area contributed by atoms with E-state index in [0.717, 1.165) is 43.2 Å². The van der Waals surface area contributed by atoms with Crippen molar-refractivity contribution >= 4 is 45.6 Å². The summed E-state index contributed by atoms with van der Waals surface area (Å²) in [6, 6.07) is 12.1. The van der Waals surface area contributed by atoms with Crippen molar-refractivity contribution in [3.05, 3.63) is 70.8 Å². The molecule has 0 bridgehead atoms. The standard InChI is InChI=1S/C44H58N2O5S2/c1-8-32(28-45-9-2)36-17-18-37-35-16-15-33-27-34(19-23-43(33,6)38(35)20-24-44(36,37)7)50-40(48)22-26-53-52-25-21-39(47)46(29-31-13-11-10-12-14-31)30-41(49)51-42(3,4)5/h2,8,10-15,17,28,34-35,37-38H,16,18-27,29-30H2,1,3-7H3/b32-8+,45-28?/t34-,35?,37?,38?,43-,44+/m0/s1. The van der Waals surface area contributed by atoms with Gasteiger partial charge in [0.15, 0.2) is 0 Å². The zero-order valence-corrected chi connectivity index (χ0v) is 34.2. The molecule has 9 heteroatoms. The Hall–Kier alpha value is -3.22. The Morgan fingerprint density at radius 2 is 1.70 bits per heavy atom. The average molecular weight is 759 g/mol. The number of hydrogen-bond acceptors (Lipinski definition) is 8. The number of fused-ring (bicyclic) bond motifs is 5. The van der Waals surface area contributed by atoms with Gasteiger partial charge in [0, 0.05) is 43.2 Å². The molecule has 3 unspecified atom stereocenters. The molecule has 2 fully saturated rings. The molecular formula is C44H58N2O5S2. The van der Waals surface area contributed by atoms with Crippen molar-refractivity contribution in [3.63, 3.8) is 0 Å². The molecule has 2 saturated carbocycles. The Labute approximate surface area is 325 Å². The number of nitrogens with zero attached hydrogens (tertiary/aromatic N) is 2. The zero-order chi connectivity index (χ0) is 38.2. The fourth-order valence-electron chi connectivity index (χ4n) is 9.49. The summed E-state index contributed by atoms with van der Waals surface area (Å²) in [7, 11) is 3.16. The normalized spacial score (nSPS) is 28.1. The molecule has 0 spiro atoms. The molecule has 0 heterocycles. The van der Waals surface area contributed by atoms with Crippen molar-refractivity contribution in [1.29, 1.82) is 0 Å². The van der Waals surface area contributed by atoms with Gasteiger partial charge in [-0.2, -0.15) is 0 Å². The number of amides is 1. The molecule has 6 atom stereocenters. The first kappa shape index (κ1) is 41.0. The van der Waals surface area contributed by atoms with Crippen molar-refractivity contribution in [2.45, 2.75) is 118 Å². The lowest BCUT2D eigenvalue weighted by Gasteiger charge is -2.58. The summed E-state index contributed by atoms with van der Waals surface area (Å²) in [5.74, 6) is 2.48. The van der Waals surface area contributed by atoms with Gasteiger partial charge in [-0.3, -0.25) is 14.4 Å². The van der Waals surface area contributed by atoms with Gasteiger partial charge in [-0.05, 0) is 112 Å². The smallest absolute Gasteiger partial charge is 0.326 e. The van der Waals surface area contributed by atoms with E-state index in [2.05, 4.69) is 50.0 Å². The quantitative estimate of drug-likeness (QED) is 0.0467. The second kappa shape index (κ2) is 17.9. The zero-order valence-electron chi connectivity index (χ0n) is 32.5. The first-order chi connectivity index (χ1) is 25.3. The summed E-state index contributed by atoms with van der Waals surface area (Å²) < 4.78 is 11.5. The van der Waals surface area contributed by atoms with Gasteiger partial charge >= 0.3 is 11.9 Å². The molecule has 53 heavy (non-hydrogen) atoms. The lowest BCUT2D eigenvalue weighted by Crippen LogP contribution is -2.50. The molecule has 0 aliphatic heterocycles. The first-order valence-electron chi connectivity index (χ1n) is 19.3. The maximum absolute atomic E-state index is 13.2. The van der Waals surface area contributed by atoms with Gasteiger partial charge < -0.3 is 14.4 Å². The van der Waals surface area contributed by atoms with Crippen molar-refractivity contribution in [2.24, 2.45) is 33.6 Å². The summed E-state index contributed by atoms with van der Waals surface area (Å²) in [6.45, 7) is 12.7. The van der Waals surface area contributed by atoms with E-state index in [1.54, 1.807) is 26.5 Å². The van der Waals surface area contributed by atoms with E-state index < -0.39 is 11.6 Å². The summed E-state index contributed by atoms with van der Waals surface area (Å²) in [5, 5.41) is 0. The molecule has 0 radical (unpaired) electrons. The SMILES string of the molecule is C#CN=C/C(=C\C)C1=CCC2C3CC=C4C[C@@H](OC(=O)CCSSCCC(=O)N(CC(=O)OC(C)(C)C)Cc5ccccc5)CC[C@]4(C)C3CC[C@]12C. The number of benzene rings is 1. The fraction of sp³-hybridized carbons (Fsp3) is 0.591. The Bertz CT molecular complexity index is 1650. The van der Waals surface area contributed by atoms with Crippen LogP contribution in [0, 0.1) is 41.1 Å². The number of aliphatic imine (C=N–C) groups is 1. The van der Waals surface area contributed by atoms with Crippen LogP contribution in [0.5, 0.6) is 0 Å². The monoisotopic (exact) mass is 758 g/mol. The number of esters is 2. The van der Waals surface area contributed by atoms with E-state index in [0.29, 0.717) is 48.6 Å². The second-order valence-corrected chi connectivity index (χ2v) is 19.2. The minimum atomic E-state index is -0.617. The Balaban J connectivity index is 1.05. The third kappa shape index (κ3) is 10.1. The predicted octanol–water partition coefficient (Wildman–Crippen LogP) is 9.54. The topological polar surface area (TPSA) is 85.3 Å². The number of terminal acetylenes is 1. The molecular weight excluding hydrogens is 701 g/mol. The van der Waals surface area contributed by atoms with Crippen molar-refractivity contribution < 1.29 is 23.9 Å². The Morgan fingerprint density at radius 1 is 0.981 bits per heavy atom. The minimum Gasteiger partial charge on any atom is -0.462 e. The molecule has 1 aromatic carbocycles. The molecule has 4 aliphatic rings. The molecule has 0 aromatic heterocycles. The van der Waals surface area contributed by atoms with E-state index in [1.807, 2.05) is 57.3 Å². The van der Waals surface area contributed by atoms with Crippen molar-refractivity contribution in [2.75, 3.05) is 18.1 Å². The van der Waals surface area contributed by atoms with Gasteiger partial charge in [-0.1, -0.05) is 96.0 Å². The number of hydrogen-bond donors (Lipinski definition) is 0. The molecule has 0 saturated heterocycles. The number of carbonyl (C=O) groups is 3. The third-order valence-corrected chi connectivity index (χ3v) is 14.4. The Kier molecular flexibility index (Phi) is 13.9. The van der Waals surface area contributed by atoms with E-state index in [-0.39, 0.29) is 35.4 Å². The summed E-state index contributed by atoms with van der Waals surface area (Å²) >= 11 is 0. The van der Waals surface area contributed by atoms with E-state index in [4.69, 9.17) is 15.9 Å². The van der Waals surface area contributed by atoms with Gasteiger partial charge in [0.25, 0.3) is 0 Å². The molecule has 286 valence electrons. The van der Waals surface area contributed by atoms with Crippen LogP contribution in [-0.4, -0.2) is 58.7 Å².